The van der Waals surface area contributed by atoms with Gasteiger partial charge >= 0.3 is 0 Å². The molecule has 1 N–H and O–H groups in total. The molecule has 3 atom stereocenters. The van der Waals surface area contributed by atoms with Crippen LogP contribution in [0.1, 0.15) is 49.3 Å². The van der Waals surface area contributed by atoms with Crippen LogP contribution in [-0.4, -0.2) is 6.04 Å². The number of nitrogens with one attached hydrogen (secondary N) is 1. The first kappa shape index (κ1) is 16.3. The van der Waals surface area contributed by atoms with Gasteiger partial charge in [0.2, 0.25) is 0 Å². The van der Waals surface area contributed by atoms with Crippen molar-refractivity contribution in [1.82, 2.24) is 5.32 Å². The molecule has 0 aliphatic heterocycles. The van der Waals surface area contributed by atoms with Gasteiger partial charge in [-0.05, 0) is 60.7 Å². The molecular formula is C23H23FN. The molecule has 25 heavy (non-hydrogen) atoms. The lowest BCUT2D eigenvalue weighted by atomic mass is 9.97. The van der Waals surface area contributed by atoms with Crippen molar-refractivity contribution in [2.24, 2.45) is 0 Å². The Balaban J connectivity index is 1.50. The highest BCUT2D eigenvalue weighted by atomic mass is 19.1. The van der Waals surface area contributed by atoms with Gasteiger partial charge in [-0.2, -0.15) is 0 Å². The van der Waals surface area contributed by atoms with Crippen LogP contribution in [0, 0.1) is 11.9 Å². The van der Waals surface area contributed by atoms with Crippen LogP contribution in [0.3, 0.4) is 0 Å². The van der Waals surface area contributed by atoms with E-state index in [9.17, 15) is 4.39 Å². The summed E-state index contributed by atoms with van der Waals surface area (Å²) < 4.78 is 14.1. The summed E-state index contributed by atoms with van der Waals surface area (Å²) in [5.74, 6) is 0.472. The van der Waals surface area contributed by atoms with Gasteiger partial charge in [-0.15, -0.1) is 0 Å². The molecule has 1 aliphatic carbocycles. The van der Waals surface area contributed by atoms with E-state index in [-0.39, 0.29) is 11.9 Å². The molecule has 0 heterocycles. The topological polar surface area (TPSA) is 12.0 Å². The van der Waals surface area contributed by atoms with Gasteiger partial charge in [-0.3, -0.25) is 0 Å². The fourth-order valence-corrected chi connectivity index (χ4v) is 4.20. The van der Waals surface area contributed by atoms with Crippen LogP contribution in [0.4, 0.5) is 4.39 Å². The molecule has 0 spiro atoms. The third-order valence-electron chi connectivity index (χ3n) is 5.49. The number of rotatable bonds is 4. The van der Waals surface area contributed by atoms with E-state index in [1.54, 1.807) is 6.07 Å². The van der Waals surface area contributed by atoms with Crippen molar-refractivity contribution in [3.05, 3.63) is 83.7 Å². The zero-order chi connectivity index (χ0) is 17.2. The maximum Gasteiger partial charge on any atom is 0.131 e. The number of fused-ring (bicyclic) bond motifs is 1. The minimum Gasteiger partial charge on any atom is -0.307 e. The summed E-state index contributed by atoms with van der Waals surface area (Å²) in [6.45, 7) is 2.18. The maximum atomic E-state index is 14.1. The lowest BCUT2D eigenvalue weighted by Gasteiger charge is -2.22. The summed E-state index contributed by atoms with van der Waals surface area (Å²) >= 11 is 0. The second kappa shape index (κ2) is 6.97. The summed E-state index contributed by atoms with van der Waals surface area (Å²) in [4.78, 5) is 0. The lowest BCUT2D eigenvalue weighted by molar-refractivity contribution is 0.458. The van der Waals surface area contributed by atoms with Crippen molar-refractivity contribution in [3.8, 4) is 0 Å². The largest absolute Gasteiger partial charge is 0.307 e. The van der Waals surface area contributed by atoms with Gasteiger partial charge in [-0.1, -0.05) is 54.6 Å². The van der Waals surface area contributed by atoms with Crippen molar-refractivity contribution < 1.29 is 4.39 Å². The number of halogens is 1. The van der Waals surface area contributed by atoms with Crippen LogP contribution >= 0.6 is 0 Å². The predicted molar refractivity (Wildman–Crippen MR) is 101 cm³/mol. The van der Waals surface area contributed by atoms with E-state index in [0.29, 0.717) is 17.3 Å². The first-order valence-corrected chi connectivity index (χ1v) is 9.11. The van der Waals surface area contributed by atoms with E-state index < -0.39 is 0 Å². The Labute approximate surface area is 148 Å². The van der Waals surface area contributed by atoms with Gasteiger partial charge in [0.15, 0.2) is 0 Å². The molecule has 0 aromatic heterocycles. The van der Waals surface area contributed by atoms with Gasteiger partial charge < -0.3 is 5.32 Å². The molecule has 0 saturated heterocycles. The first-order valence-electron chi connectivity index (χ1n) is 9.11. The molecule has 127 valence electrons. The predicted octanol–water partition coefficient (Wildman–Crippen LogP) is 5.77. The molecule has 1 aliphatic rings. The van der Waals surface area contributed by atoms with E-state index in [1.807, 2.05) is 36.4 Å². The average Bonchev–Trinajstić information content (AvgIpc) is 3.11. The molecular weight excluding hydrogens is 309 g/mol. The molecule has 3 aromatic carbocycles. The monoisotopic (exact) mass is 332 g/mol. The Morgan fingerprint density at radius 3 is 2.68 bits per heavy atom. The minimum atomic E-state index is -0.146. The fourth-order valence-electron chi connectivity index (χ4n) is 4.20. The Morgan fingerprint density at radius 1 is 1.04 bits per heavy atom. The third-order valence-corrected chi connectivity index (χ3v) is 5.49. The molecule has 1 nitrogen and oxygen atoms in total. The van der Waals surface area contributed by atoms with Crippen molar-refractivity contribution >= 4 is 10.8 Å². The third kappa shape index (κ3) is 3.32. The summed E-state index contributed by atoms with van der Waals surface area (Å²) in [5, 5.41) is 5.49. The van der Waals surface area contributed by atoms with E-state index in [2.05, 4.69) is 36.5 Å². The maximum absolute atomic E-state index is 14.1. The summed E-state index contributed by atoms with van der Waals surface area (Å²) in [6, 6.07) is 23.5. The van der Waals surface area contributed by atoms with Crippen molar-refractivity contribution in [2.75, 3.05) is 0 Å². The average molecular weight is 332 g/mol. The Bertz CT molecular complexity index is 858. The fraction of sp³-hybridized carbons (Fsp3) is 0.304. The van der Waals surface area contributed by atoms with Gasteiger partial charge in [0, 0.05) is 17.5 Å². The smallest absolute Gasteiger partial charge is 0.131 e. The molecule has 1 radical (unpaired) electrons. The molecule has 1 saturated carbocycles. The van der Waals surface area contributed by atoms with Gasteiger partial charge in [0.25, 0.3) is 0 Å². The molecule has 2 heteroatoms. The SMILES string of the molecule is C[C@@H](NC1CCC(c2c[c]ccc2)C1)c1ccc(F)c2ccccc12. The van der Waals surface area contributed by atoms with Crippen LogP contribution in [0.5, 0.6) is 0 Å². The van der Waals surface area contributed by atoms with Crippen molar-refractivity contribution in [2.45, 2.75) is 44.2 Å². The highest BCUT2D eigenvalue weighted by Crippen LogP contribution is 2.36. The van der Waals surface area contributed by atoms with Gasteiger partial charge in [0.1, 0.15) is 5.82 Å². The van der Waals surface area contributed by atoms with Gasteiger partial charge in [0.05, 0.1) is 0 Å². The Morgan fingerprint density at radius 2 is 1.88 bits per heavy atom. The lowest BCUT2D eigenvalue weighted by Crippen LogP contribution is -2.29. The number of benzene rings is 3. The molecule has 1 fully saturated rings. The number of hydrogen-bond donors (Lipinski definition) is 1. The normalized spacial score (nSPS) is 21.5. The zero-order valence-corrected chi connectivity index (χ0v) is 14.5. The highest BCUT2D eigenvalue weighted by Gasteiger charge is 2.27. The summed E-state index contributed by atoms with van der Waals surface area (Å²) in [7, 11) is 0. The molecule has 0 amide bonds. The zero-order valence-electron chi connectivity index (χ0n) is 14.5. The first-order chi connectivity index (χ1) is 12.2. The minimum absolute atomic E-state index is 0.146. The van der Waals surface area contributed by atoms with E-state index in [0.717, 1.165) is 11.8 Å². The summed E-state index contributed by atoms with van der Waals surface area (Å²) in [6.07, 6.45) is 3.55. The standard InChI is InChI=1S/C23H23FN/c1-16(20-13-14-23(24)22-10-6-5-9-21(20)22)25-19-12-11-18(15-19)17-7-3-2-4-8-17/h2-3,5-10,13-14,16,18-19,25H,11-12,15H2,1H3/t16-,18?,19?/m1/s1. The number of hydrogen-bond acceptors (Lipinski definition) is 1. The second-order valence-electron chi connectivity index (χ2n) is 7.11. The van der Waals surface area contributed by atoms with Crippen LogP contribution in [0.2, 0.25) is 0 Å². The summed E-state index contributed by atoms with van der Waals surface area (Å²) in [5.41, 5.74) is 2.57. The van der Waals surface area contributed by atoms with Crippen molar-refractivity contribution in [3.63, 3.8) is 0 Å². The molecule has 3 aromatic rings. The van der Waals surface area contributed by atoms with E-state index in [1.165, 1.54) is 24.0 Å². The quantitative estimate of drug-likeness (QED) is 0.640. The second-order valence-corrected chi connectivity index (χ2v) is 7.11. The molecule has 0 bridgehead atoms. The van der Waals surface area contributed by atoms with Crippen LogP contribution in [-0.2, 0) is 0 Å². The van der Waals surface area contributed by atoms with Gasteiger partial charge in [-0.25, -0.2) is 4.39 Å². The van der Waals surface area contributed by atoms with E-state index >= 15 is 0 Å². The Hall–Kier alpha value is -2.19. The molecule has 2 unspecified atom stereocenters. The Kier molecular flexibility index (Phi) is 4.54. The van der Waals surface area contributed by atoms with Crippen molar-refractivity contribution in [1.29, 1.82) is 0 Å². The highest BCUT2D eigenvalue weighted by molar-refractivity contribution is 5.86. The van der Waals surface area contributed by atoms with Crippen LogP contribution in [0.15, 0.2) is 60.7 Å². The molecule has 4 rings (SSSR count). The van der Waals surface area contributed by atoms with Crippen LogP contribution < -0.4 is 5.32 Å². The van der Waals surface area contributed by atoms with E-state index in [4.69, 9.17) is 0 Å². The van der Waals surface area contributed by atoms with Crippen LogP contribution in [0.25, 0.3) is 10.8 Å².